The molecule has 1 aromatic carbocycles. The summed E-state index contributed by atoms with van der Waals surface area (Å²) in [5.74, 6) is -0.349. The number of amides is 2. The molecule has 0 saturated heterocycles. The van der Waals surface area contributed by atoms with Crippen LogP contribution >= 0.6 is 0 Å². The maximum absolute atomic E-state index is 12.4. The van der Waals surface area contributed by atoms with Crippen LogP contribution in [0.1, 0.15) is 58.7 Å². The van der Waals surface area contributed by atoms with Crippen LogP contribution < -0.4 is 10.6 Å². The zero-order chi connectivity index (χ0) is 16.9. The Morgan fingerprint density at radius 1 is 1.12 bits per heavy atom. The Hall–Kier alpha value is -2.63. The van der Waals surface area contributed by atoms with Crippen LogP contribution in [0, 0.1) is 6.92 Å². The summed E-state index contributed by atoms with van der Waals surface area (Å²) in [5.41, 5.74) is 1.72. The molecule has 1 aliphatic carbocycles. The monoisotopic (exact) mass is 327 g/mol. The predicted octanol–water partition coefficient (Wildman–Crippen LogP) is 3.30. The molecule has 2 amide bonds. The summed E-state index contributed by atoms with van der Waals surface area (Å²) in [7, 11) is 0. The lowest BCUT2D eigenvalue weighted by atomic mass is 9.95. The molecule has 1 aliphatic rings. The van der Waals surface area contributed by atoms with Gasteiger partial charge in [0.2, 0.25) is 5.76 Å². The number of anilines is 1. The molecule has 6 nitrogen and oxygen atoms in total. The molecule has 1 aromatic heterocycles. The second-order valence-corrected chi connectivity index (χ2v) is 6.18. The number of carbonyl (C=O) groups excluding carboxylic acids is 2. The van der Waals surface area contributed by atoms with Crippen molar-refractivity contribution in [3.05, 3.63) is 47.3 Å². The van der Waals surface area contributed by atoms with E-state index in [4.69, 9.17) is 4.52 Å². The fourth-order valence-electron chi connectivity index (χ4n) is 2.92. The third-order valence-electron chi connectivity index (χ3n) is 4.17. The third-order valence-corrected chi connectivity index (χ3v) is 4.17. The molecule has 1 fully saturated rings. The van der Waals surface area contributed by atoms with Crippen LogP contribution in [0.15, 0.2) is 34.9 Å². The van der Waals surface area contributed by atoms with Crippen LogP contribution in [0.2, 0.25) is 0 Å². The van der Waals surface area contributed by atoms with Gasteiger partial charge in [-0.15, -0.1) is 0 Å². The van der Waals surface area contributed by atoms with Crippen molar-refractivity contribution < 1.29 is 14.1 Å². The predicted molar refractivity (Wildman–Crippen MR) is 90.0 cm³/mol. The zero-order valence-electron chi connectivity index (χ0n) is 13.7. The first-order chi connectivity index (χ1) is 11.6. The average molecular weight is 327 g/mol. The zero-order valence-corrected chi connectivity index (χ0v) is 13.7. The van der Waals surface area contributed by atoms with Gasteiger partial charge in [0.1, 0.15) is 0 Å². The highest BCUT2D eigenvalue weighted by atomic mass is 16.5. The summed E-state index contributed by atoms with van der Waals surface area (Å²) in [5, 5.41) is 9.48. The van der Waals surface area contributed by atoms with Crippen LogP contribution in [0.4, 0.5) is 5.69 Å². The van der Waals surface area contributed by atoms with E-state index >= 15 is 0 Å². The minimum atomic E-state index is -0.388. The van der Waals surface area contributed by atoms with Crippen LogP contribution in [0.25, 0.3) is 0 Å². The van der Waals surface area contributed by atoms with E-state index in [1.54, 1.807) is 37.3 Å². The van der Waals surface area contributed by atoms with E-state index in [1.165, 1.54) is 6.42 Å². The Labute approximate surface area is 140 Å². The van der Waals surface area contributed by atoms with Gasteiger partial charge in [-0.1, -0.05) is 30.5 Å². The first-order valence-corrected chi connectivity index (χ1v) is 8.27. The van der Waals surface area contributed by atoms with Crippen molar-refractivity contribution in [1.29, 1.82) is 0 Å². The fourth-order valence-corrected chi connectivity index (χ4v) is 2.92. The standard InChI is InChI=1S/C18H21N3O3/c1-12-10-16(24-21-12)18(23)20-15-9-5-6-13(11-15)17(22)19-14-7-3-2-4-8-14/h5-6,9-11,14H,2-4,7-8H2,1H3,(H,19,22)(H,20,23). The molecule has 3 rings (SSSR count). The molecule has 0 spiro atoms. The molecule has 24 heavy (non-hydrogen) atoms. The van der Waals surface area contributed by atoms with Crippen molar-refractivity contribution in [2.24, 2.45) is 0 Å². The van der Waals surface area contributed by atoms with Gasteiger partial charge in [-0.05, 0) is 38.0 Å². The van der Waals surface area contributed by atoms with E-state index in [0.717, 1.165) is 25.7 Å². The van der Waals surface area contributed by atoms with Crippen molar-refractivity contribution in [3.8, 4) is 0 Å². The summed E-state index contributed by atoms with van der Waals surface area (Å²) in [6.45, 7) is 1.75. The minimum absolute atomic E-state index is 0.103. The maximum Gasteiger partial charge on any atom is 0.294 e. The number of hydrogen-bond acceptors (Lipinski definition) is 4. The molecule has 0 unspecified atom stereocenters. The normalized spacial score (nSPS) is 15.0. The molecule has 126 valence electrons. The van der Waals surface area contributed by atoms with E-state index in [-0.39, 0.29) is 23.6 Å². The Morgan fingerprint density at radius 3 is 2.62 bits per heavy atom. The minimum Gasteiger partial charge on any atom is -0.351 e. The second-order valence-electron chi connectivity index (χ2n) is 6.18. The summed E-state index contributed by atoms with van der Waals surface area (Å²) < 4.78 is 4.94. The van der Waals surface area contributed by atoms with Gasteiger partial charge in [0.15, 0.2) is 0 Å². The lowest BCUT2D eigenvalue weighted by molar-refractivity contribution is 0.0926. The largest absolute Gasteiger partial charge is 0.351 e. The van der Waals surface area contributed by atoms with E-state index in [0.29, 0.717) is 16.9 Å². The van der Waals surface area contributed by atoms with Gasteiger partial charge in [-0.25, -0.2) is 0 Å². The number of aryl methyl sites for hydroxylation is 1. The molecule has 0 radical (unpaired) electrons. The second kappa shape index (κ2) is 7.29. The Morgan fingerprint density at radius 2 is 1.92 bits per heavy atom. The summed E-state index contributed by atoms with van der Waals surface area (Å²) in [4.78, 5) is 24.5. The van der Waals surface area contributed by atoms with Gasteiger partial charge >= 0.3 is 0 Å². The highest BCUT2D eigenvalue weighted by molar-refractivity contribution is 6.03. The highest BCUT2D eigenvalue weighted by Gasteiger charge is 2.17. The van der Waals surface area contributed by atoms with Crippen LogP contribution in [-0.2, 0) is 0 Å². The molecule has 1 heterocycles. The van der Waals surface area contributed by atoms with Crippen LogP contribution in [0.3, 0.4) is 0 Å². The number of benzene rings is 1. The quantitative estimate of drug-likeness (QED) is 0.902. The van der Waals surface area contributed by atoms with Gasteiger partial charge in [0.25, 0.3) is 11.8 Å². The topological polar surface area (TPSA) is 84.2 Å². The molecule has 2 aromatic rings. The average Bonchev–Trinajstić information content (AvgIpc) is 3.03. The van der Waals surface area contributed by atoms with Crippen molar-refractivity contribution in [3.63, 3.8) is 0 Å². The van der Waals surface area contributed by atoms with Crippen molar-refractivity contribution in [2.45, 2.75) is 45.1 Å². The molecule has 0 atom stereocenters. The van der Waals surface area contributed by atoms with Gasteiger partial charge in [-0.3, -0.25) is 9.59 Å². The molecule has 1 saturated carbocycles. The Balaban J connectivity index is 1.64. The lowest BCUT2D eigenvalue weighted by Crippen LogP contribution is -2.36. The van der Waals surface area contributed by atoms with Crippen LogP contribution in [-0.4, -0.2) is 23.0 Å². The van der Waals surface area contributed by atoms with Crippen molar-refractivity contribution in [2.75, 3.05) is 5.32 Å². The summed E-state index contributed by atoms with van der Waals surface area (Å²) >= 11 is 0. The van der Waals surface area contributed by atoms with E-state index in [1.807, 2.05) is 0 Å². The summed E-state index contributed by atoms with van der Waals surface area (Å²) in [6.07, 6.45) is 5.64. The molecular weight excluding hydrogens is 306 g/mol. The van der Waals surface area contributed by atoms with Crippen LogP contribution in [0.5, 0.6) is 0 Å². The Kier molecular flexibility index (Phi) is 4.93. The van der Waals surface area contributed by atoms with E-state index in [9.17, 15) is 9.59 Å². The molecule has 6 heteroatoms. The van der Waals surface area contributed by atoms with Crippen molar-refractivity contribution >= 4 is 17.5 Å². The molecule has 0 bridgehead atoms. The number of carbonyl (C=O) groups is 2. The number of nitrogens with zero attached hydrogens (tertiary/aromatic N) is 1. The molecular formula is C18H21N3O3. The smallest absolute Gasteiger partial charge is 0.294 e. The van der Waals surface area contributed by atoms with E-state index < -0.39 is 0 Å². The lowest BCUT2D eigenvalue weighted by Gasteiger charge is -2.22. The first kappa shape index (κ1) is 16.2. The van der Waals surface area contributed by atoms with Gasteiger partial charge in [0.05, 0.1) is 5.69 Å². The molecule has 0 aliphatic heterocycles. The van der Waals surface area contributed by atoms with Gasteiger partial charge in [0, 0.05) is 23.4 Å². The van der Waals surface area contributed by atoms with E-state index in [2.05, 4.69) is 15.8 Å². The first-order valence-electron chi connectivity index (χ1n) is 8.27. The van der Waals surface area contributed by atoms with Gasteiger partial charge in [-0.2, -0.15) is 0 Å². The molecule has 2 N–H and O–H groups in total. The number of nitrogens with one attached hydrogen (secondary N) is 2. The SMILES string of the molecule is Cc1cc(C(=O)Nc2cccc(C(=O)NC3CCCCC3)c2)on1. The fraction of sp³-hybridized carbons (Fsp3) is 0.389. The van der Waals surface area contributed by atoms with Crippen molar-refractivity contribution in [1.82, 2.24) is 10.5 Å². The number of rotatable bonds is 4. The van der Waals surface area contributed by atoms with Gasteiger partial charge < -0.3 is 15.2 Å². The summed E-state index contributed by atoms with van der Waals surface area (Å²) in [6, 6.07) is 8.71. The highest BCUT2D eigenvalue weighted by Crippen LogP contribution is 2.18. The number of hydrogen-bond donors (Lipinski definition) is 2. The number of aromatic nitrogens is 1. The Bertz CT molecular complexity index is 733. The maximum atomic E-state index is 12.4. The third kappa shape index (κ3) is 4.01.